The highest BCUT2D eigenvalue weighted by atomic mass is 16.2. The van der Waals surface area contributed by atoms with E-state index >= 15 is 0 Å². The first-order chi connectivity index (χ1) is 9.43. The van der Waals surface area contributed by atoms with Gasteiger partial charge in [-0.2, -0.15) is 0 Å². The molecular formula is C12H17N7O. The van der Waals surface area contributed by atoms with Gasteiger partial charge in [-0.15, -0.1) is 14.8 Å². The molecule has 106 valence electrons. The summed E-state index contributed by atoms with van der Waals surface area (Å²) in [6.07, 6.45) is 0.479. The zero-order valence-corrected chi connectivity index (χ0v) is 11.7. The monoisotopic (exact) mass is 275 g/mol. The maximum atomic E-state index is 12.0. The Bertz CT molecular complexity index is 645. The second kappa shape index (κ2) is 4.39. The Morgan fingerprint density at radius 2 is 2.15 bits per heavy atom. The van der Waals surface area contributed by atoms with Crippen molar-refractivity contribution in [2.45, 2.75) is 38.8 Å². The Hall–Kier alpha value is -2.25. The van der Waals surface area contributed by atoms with Gasteiger partial charge in [0.25, 0.3) is 0 Å². The predicted molar refractivity (Wildman–Crippen MR) is 72.1 cm³/mol. The Morgan fingerprint density at radius 3 is 2.85 bits per heavy atom. The lowest BCUT2D eigenvalue weighted by Crippen LogP contribution is -2.43. The molecule has 0 aromatic carbocycles. The molecule has 0 saturated carbocycles. The van der Waals surface area contributed by atoms with E-state index in [2.05, 4.69) is 25.9 Å². The number of aromatic nitrogens is 5. The molecule has 8 nitrogen and oxygen atoms in total. The summed E-state index contributed by atoms with van der Waals surface area (Å²) < 4.78 is 1.36. The Labute approximate surface area is 116 Å². The number of carbonyl (C=O) groups is 1. The van der Waals surface area contributed by atoms with E-state index in [4.69, 9.17) is 0 Å². The average Bonchev–Trinajstić information content (AvgIpc) is 2.94. The zero-order valence-electron chi connectivity index (χ0n) is 11.7. The van der Waals surface area contributed by atoms with E-state index in [9.17, 15) is 4.79 Å². The van der Waals surface area contributed by atoms with E-state index in [1.165, 1.54) is 4.63 Å². The molecule has 1 saturated heterocycles. The van der Waals surface area contributed by atoms with E-state index in [-0.39, 0.29) is 17.5 Å². The summed E-state index contributed by atoms with van der Waals surface area (Å²) in [4.78, 5) is 13.9. The fourth-order valence-electron chi connectivity index (χ4n) is 2.39. The molecule has 0 unspecified atom stereocenters. The van der Waals surface area contributed by atoms with Crippen LogP contribution in [0.5, 0.6) is 0 Å². The summed E-state index contributed by atoms with van der Waals surface area (Å²) in [5, 5.41) is 18.6. The van der Waals surface area contributed by atoms with Crippen LogP contribution in [0, 0.1) is 0 Å². The van der Waals surface area contributed by atoms with Gasteiger partial charge >= 0.3 is 0 Å². The van der Waals surface area contributed by atoms with Gasteiger partial charge in [-0.3, -0.25) is 4.79 Å². The Balaban J connectivity index is 1.74. The third-order valence-corrected chi connectivity index (χ3v) is 3.36. The number of likely N-dealkylation sites (tertiary alicyclic amines) is 1. The highest BCUT2D eigenvalue weighted by molar-refractivity contribution is 5.80. The SMILES string of the molecule is CC(C)(C)N1C[C@H](Nc2ccc3nnnn3n2)CC1=O. The first kappa shape index (κ1) is 12.8. The summed E-state index contributed by atoms with van der Waals surface area (Å²) in [5.74, 6) is 0.830. The lowest BCUT2D eigenvalue weighted by atomic mass is 10.1. The number of amides is 1. The van der Waals surface area contributed by atoms with Gasteiger partial charge < -0.3 is 10.2 Å². The van der Waals surface area contributed by atoms with Gasteiger partial charge in [0.05, 0.1) is 6.04 Å². The van der Waals surface area contributed by atoms with Crippen LogP contribution < -0.4 is 5.32 Å². The van der Waals surface area contributed by atoms with Crippen LogP contribution in [0.15, 0.2) is 12.1 Å². The second-order valence-corrected chi connectivity index (χ2v) is 5.97. The second-order valence-electron chi connectivity index (χ2n) is 5.97. The number of rotatable bonds is 2. The van der Waals surface area contributed by atoms with Crippen molar-refractivity contribution >= 4 is 17.4 Å². The van der Waals surface area contributed by atoms with Crippen LogP contribution in [0.4, 0.5) is 5.82 Å². The number of nitrogens with zero attached hydrogens (tertiary/aromatic N) is 6. The normalized spacial score (nSPS) is 19.9. The highest BCUT2D eigenvalue weighted by Gasteiger charge is 2.36. The maximum absolute atomic E-state index is 12.0. The van der Waals surface area contributed by atoms with Crippen molar-refractivity contribution in [1.29, 1.82) is 0 Å². The lowest BCUT2D eigenvalue weighted by molar-refractivity contribution is -0.131. The van der Waals surface area contributed by atoms with Crippen LogP contribution in [-0.2, 0) is 4.79 Å². The molecular weight excluding hydrogens is 258 g/mol. The van der Waals surface area contributed by atoms with Crippen LogP contribution >= 0.6 is 0 Å². The minimum Gasteiger partial charge on any atom is -0.364 e. The molecule has 1 aliphatic heterocycles. The predicted octanol–water partition coefficient (Wildman–Crippen LogP) is 0.331. The molecule has 0 bridgehead atoms. The molecule has 1 fully saturated rings. The molecule has 0 aliphatic carbocycles. The summed E-state index contributed by atoms with van der Waals surface area (Å²) in [7, 11) is 0. The van der Waals surface area contributed by atoms with Crippen molar-refractivity contribution in [3.8, 4) is 0 Å². The van der Waals surface area contributed by atoms with Crippen LogP contribution in [0.25, 0.3) is 5.65 Å². The molecule has 2 aromatic rings. The van der Waals surface area contributed by atoms with E-state index in [1.54, 1.807) is 6.07 Å². The minimum atomic E-state index is -0.152. The molecule has 0 spiro atoms. The minimum absolute atomic E-state index is 0.0585. The standard InChI is InChI=1S/C12H17N7O/c1-12(2,3)18-7-8(6-11(18)20)13-9-4-5-10-14-16-17-19(10)15-9/h4-5,8H,6-7H2,1-3H3,(H,13,15)/t8-/m1/s1. The fraction of sp³-hybridized carbons (Fsp3) is 0.583. The molecule has 3 rings (SSSR count). The molecule has 3 heterocycles. The van der Waals surface area contributed by atoms with E-state index < -0.39 is 0 Å². The number of fused-ring (bicyclic) bond motifs is 1. The van der Waals surface area contributed by atoms with Gasteiger partial charge in [-0.25, -0.2) is 0 Å². The summed E-state index contributed by atoms with van der Waals surface area (Å²) in [6, 6.07) is 3.66. The summed E-state index contributed by atoms with van der Waals surface area (Å²) in [6.45, 7) is 6.80. The van der Waals surface area contributed by atoms with Crippen molar-refractivity contribution in [3.63, 3.8) is 0 Å². The van der Waals surface area contributed by atoms with Gasteiger partial charge in [-0.05, 0) is 43.3 Å². The van der Waals surface area contributed by atoms with Crippen LogP contribution in [-0.4, -0.2) is 54.2 Å². The van der Waals surface area contributed by atoms with Crippen molar-refractivity contribution in [3.05, 3.63) is 12.1 Å². The Kier molecular flexibility index (Phi) is 2.81. The van der Waals surface area contributed by atoms with E-state index in [0.717, 1.165) is 0 Å². The number of carbonyl (C=O) groups excluding carboxylic acids is 1. The first-order valence-electron chi connectivity index (χ1n) is 6.56. The van der Waals surface area contributed by atoms with Crippen LogP contribution in [0.3, 0.4) is 0 Å². The molecule has 1 aliphatic rings. The van der Waals surface area contributed by atoms with E-state index in [0.29, 0.717) is 24.4 Å². The third kappa shape index (κ3) is 2.28. The Morgan fingerprint density at radius 1 is 1.35 bits per heavy atom. The first-order valence-corrected chi connectivity index (χ1v) is 6.56. The van der Waals surface area contributed by atoms with E-state index in [1.807, 2.05) is 31.7 Å². The van der Waals surface area contributed by atoms with Gasteiger partial charge in [0.1, 0.15) is 5.82 Å². The largest absolute Gasteiger partial charge is 0.364 e. The molecule has 20 heavy (non-hydrogen) atoms. The van der Waals surface area contributed by atoms with Crippen molar-refractivity contribution in [2.24, 2.45) is 0 Å². The van der Waals surface area contributed by atoms with Gasteiger partial charge in [0.2, 0.25) is 5.91 Å². The number of nitrogens with one attached hydrogen (secondary N) is 1. The van der Waals surface area contributed by atoms with Gasteiger partial charge in [0.15, 0.2) is 5.65 Å². The smallest absolute Gasteiger partial charge is 0.225 e. The highest BCUT2D eigenvalue weighted by Crippen LogP contribution is 2.23. The quantitative estimate of drug-likeness (QED) is 0.849. The number of anilines is 1. The molecule has 1 atom stereocenters. The molecule has 8 heteroatoms. The number of hydrogen-bond donors (Lipinski definition) is 1. The topological polar surface area (TPSA) is 88.3 Å². The summed E-state index contributed by atoms with van der Waals surface area (Å²) in [5.41, 5.74) is 0.440. The lowest BCUT2D eigenvalue weighted by Gasteiger charge is -2.32. The van der Waals surface area contributed by atoms with Crippen molar-refractivity contribution < 1.29 is 4.79 Å². The molecule has 0 radical (unpaired) electrons. The average molecular weight is 275 g/mol. The maximum Gasteiger partial charge on any atom is 0.225 e. The number of tetrazole rings is 1. The molecule has 2 aromatic heterocycles. The van der Waals surface area contributed by atoms with Crippen molar-refractivity contribution in [2.75, 3.05) is 11.9 Å². The molecule has 1 amide bonds. The van der Waals surface area contributed by atoms with Crippen molar-refractivity contribution in [1.82, 2.24) is 30.2 Å². The van der Waals surface area contributed by atoms with Gasteiger partial charge in [0, 0.05) is 18.5 Å². The van der Waals surface area contributed by atoms with Crippen LogP contribution in [0.2, 0.25) is 0 Å². The third-order valence-electron chi connectivity index (χ3n) is 3.36. The fourth-order valence-corrected chi connectivity index (χ4v) is 2.39. The van der Waals surface area contributed by atoms with Crippen LogP contribution in [0.1, 0.15) is 27.2 Å². The summed E-state index contributed by atoms with van der Waals surface area (Å²) >= 11 is 0. The number of hydrogen-bond acceptors (Lipinski definition) is 6. The van der Waals surface area contributed by atoms with Gasteiger partial charge in [-0.1, -0.05) is 0 Å². The zero-order chi connectivity index (χ0) is 14.3. The molecule has 1 N–H and O–H groups in total.